The van der Waals surface area contributed by atoms with Gasteiger partial charge in [-0.15, -0.1) is 0 Å². The molecule has 0 radical (unpaired) electrons. The Balaban J connectivity index is 1.99. The van der Waals surface area contributed by atoms with E-state index >= 15 is 0 Å². The number of hydrogen-bond acceptors (Lipinski definition) is 3. The fourth-order valence-corrected chi connectivity index (χ4v) is 2.10. The van der Waals surface area contributed by atoms with Crippen molar-refractivity contribution in [2.75, 3.05) is 6.61 Å². The SMILES string of the molecule is C[C@H](c1ccccc1)[C@H](O)CC1=NC(C)(C)CO1. The van der Waals surface area contributed by atoms with Crippen LogP contribution >= 0.6 is 0 Å². The van der Waals surface area contributed by atoms with Crippen molar-refractivity contribution in [2.45, 2.75) is 44.8 Å². The van der Waals surface area contributed by atoms with Gasteiger partial charge >= 0.3 is 0 Å². The van der Waals surface area contributed by atoms with Crippen LogP contribution in [0.1, 0.15) is 38.7 Å². The van der Waals surface area contributed by atoms with Crippen LogP contribution in [0, 0.1) is 0 Å². The van der Waals surface area contributed by atoms with E-state index in [1.165, 1.54) is 0 Å². The summed E-state index contributed by atoms with van der Waals surface area (Å²) >= 11 is 0. The van der Waals surface area contributed by atoms with Crippen LogP contribution in [0.2, 0.25) is 0 Å². The highest BCUT2D eigenvalue weighted by Crippen LogP contribution is 2.24. The lowest BCUT2D eigenvalue weighted by Gasteiger charge is -2.18. The van der Waals surface area contributed by atoms with Gasteiger partial charge in [0.1, 0.15) is 6.61 Å². The molecule has 98 valence electrons. The van der Waals surface area contributed by atoms with E-state index in [1.54, 1.807) is 0 Å². The zero-order chi connectivity index (χ0) is 13.2. The van der Waals surface area contributed by atoms with Crippen molar-refractivity contribution < 1.29 is 9.84 Å². The molecule has 2 atom stereocenters. The molecule has 0 saturated heterocycles. The van der Waals surface area contributed by atoms with Crippen LogP contribution < -0.4 is 0 Å². The summed E-state index contributed by atoms with van der Waals surface area (Å²) < 4.78 is 5.51. The minimum Gasteiger partial charge on any atom is -0.478 e. The quantitative estimate of drug-likeness (QED) is 0.889. The van der Waals surface area contributed by atoms with Crippen molar-refractivity contribution in [2.24, 2.45) is 4.99 Å². The number of ether oxygens (including phenoxy) is 1. The van der Waals surface area contributed by atoms with Crippen molar-refractivity contribution in [3.63, 3.8) is 0 Å². The largest absolute Gasteiger partial charge is 0.478 e. The third-order valence-electron chi connectivity index (χ3n) is 3.31. The molecule has 3 heteroatoms. The molecule has 1 aliphatic rings. The highest BCUT2D eigenvalue weighted by Gasteiger charge is 2.28. The minimum absolute atomic E-state index is 0.0845. The number of aliphatic hydroxyl groups is 1. The smallest absolute Gasteiger partial charge is 0.186 e. The van der Waals surface area contributed by atoms with Gasteiger partial charge in [-0.05, 0) is 19.4 Å². The van der Waals surface area contributed by atoms with E-state index in [9.17, 15) is 5.11 Å². The van der Waals surface area contributed by atoms with Gasteiger partial charge in [0.25, 0.3) is 0 Å². The average molecular weight is 247 g/mol. The van der Waals surface area contributed by atoms with E-state index in [2.05, 4.69) is 4.99 Å². The molecule has 1 heterocycles. The van der Waals surface area contributed by atoms with Gasteiger partial charge in [-0.1, -0.05) is 37.3 Å². The van der Waals surface area contributed by atoms with Crippen LogP contribution in [0.3, 0.4) is 0 Å². The molecule has 1 aromatic carbocycles. The fraction of sp³-hybridized carbons (Fsp3) is 0.533. The first-order chi connectivity index (χ1) is 8.48. The highest BCUT2D eigenvalue weighted by molar-refractivity contribution is 5.78. The Bertz CT molecular complexity index is 425. The lowest BCUT2D eigenvalue weighted by atomic mass is 9.93. The Hall–Kier alpha value is -1.35. The standard InChI is InChI=1S/C15H21NO2/c1-11(12-7-5-4-6-8-12)13(17)9-14-16-15(2,3)10-18-14/h4-8,11,13,17H,9-10H2,1-3H3/t11-,13-/m1/s1. The van der Waals surface area contributed by atoms with Crippen LogP contribution in [0.4, 0.5) is 0 Å². The third-order valence-corrected chi connectivity index (χ3v) is 3.31. The van der Waals surface area contributed by atoms with Crippen LogP contribution in [0.15, 0.2) is 35.3 Å². The summed E-state index contributed by atoms with van der Waals surface area (Å²) in [5, 5.41) is 10.2. The van der Waals surface area contributed by atoms with Gasteiger partial charge in [0.2, 0.25) is 0 Å². The van der Waals surface area contributed by atoms with Crippen molar-refractivity contribution >= 4 is 5.90 Å². The van der Waals surface area contributed by atoms with Gasteiger partial charge in [0.15, 0.2) is 5.90 Å². The highest BCUT2D eigenvalue weighted by atomic mass is 16.5. The van der Waals surface area contributed by atoms with Crippen LogP contribution in [0.25, 0.3) is 0 Å². The molecule has 1 aliphatic heterocycles. The summed E-state index contributed by atoms with van der Waals surface area (Å²) in [6.07, 6.45) is 0.0273. The molecule has 0 aromatic heterocycles. The first-order valence-corrected chi connectivity index (χ1v) is 6.42. The van der Waals surface area contributed by atoms with Gasteiger partial charge in [-0.3, -0.25) is 0 Å². The molecule has 0 bridgehead atoms. The molecular formula is C15H21NO2. The summed E-state index contributed by atoms with van der Waals surface area (Å²) in [6, 6.07) is 10.0. The van der Waals surface area contributed by atoms with Gasteiger partial charge in [-0.2, -0.15) is 0 Å². The Morgan fingerprint density at radius 1 is 1.33 bits per heavy atom. The van der Waals surface area contributed by atoms with Crippen LogP contribution in [-0.2, 0) is 4.74 Å². The van der Waals surface area contributed by atoms with E-state index in [4.69, 9.17) is 4.74 Å². The number of nitrogens with zero attached hydrogens (tertiary/aromatic N) is 1. The van der Waals surface area contributed by atoms with Crippen LogP contribution in [-0.4, -0.2) is 29.3 Å². The maximum atomic E-state index is 10.2. The number of aliphatic imine (C=N–C) groups is 1. The molecule has 0 spiro atoms. The number of hydrogen-bond donors (Lipinski definition) is 1. The maximum Gasteiger partial charge on any atom is 0.186 e. The molecule has 0 saturated carbocycles. The molecule has 1 aromatic rings. The minimum atomic E-state index is -0.458. The summed E-state index contributed by atoms with van der Waals surface area (Å²) in [4.78, 5) is 4.47. The van der Waals surface area contributed by atoms with Gasteiger partial charge in [0, 0.05) is 5.92 Å². The van der Waals surface area contributed by atoms with E-state index in [0.717, 1.165) is 5.56 Å². The predicted molar refractivity (Wildman–Crippen MR) is 72.9 cm³/mol. The third kappa shape index (κ3) is 3.10. The van der Waals surface area contributed by atoms with E-state index in [-0.39, 0.29) is 11.5 Å². The van der Waals surface area contributed by atoms with Crippen molar-refractivity contribution in [3.8, 4) is 0 Å². The van der Waals surface area contributed by atoms with Crippen molar-refractivity contribution in [1.29, 1.82) is 0 Å². The molecule has 1 N–H and O–H groups in total. The molecule has 0 unspecified atom stereocenters. The number of aliphatic hydroxyl groups excluding tert-OH is 1. The van der Waals surface area contributed by atoms with Crippen molar-refractivity contribution in [1.82, 2.24) is 0 Å². The zero-order valence-corrected chi connectivity index (χ0v) is 11.3. The number of rotatable bonds is 4. The lowest BCUT2D eigenvalue weighted by Crippen LogP contribution is -2.20. The normalized spacial score (nSPS) is 21.0. The molecular weight excluding hydrogens is 226 g/mol. The summed E-state index contributed by atoms with van der Waals surface area (Å²) in [5.74, 6) is 0.761. The Morgan fingerprint density at radius 3 is 2.56 bits per heavy atom. The summed E-state index contributed by atoms with van der Waals surface area (Å²) in [7, 11) is 0. The fourth-order valence-electron chi connectivity index (χ4n) is 2.10. The first-order valence-electron chi connectivity index (χ1n) is 6.42. The molecule has 0 amide bonds. The van der Waals surface area contributed by atoms with E-state index in [1.807, 2.05) is 51.1 Å². The molecule has 2 rings (SSSR count). The zero-order valence-electron chi connectivity index (χ0n) is 11.3. The lowest BCUT2D eigenvalue weighted by molar-refractivity contribution is 0.148. The molecule has 18 heavy (non-hydrogen) atoms. The second-order valence-corrected chi connectivity index (χ2v) is 5.58. The van der Waals surface area contributed by atoms with Gasteiger partial charge in [0.05, 0.1) is 18.1 Å². The Kier molecular flexibility index (Phi) is 3.71. The van der Waals surface area contributed by atoms with E-state index in [0.29, 0.717) is 18.9 Å². The van der Waals surface area contributed by atoms with E-state index < -0.39 is 6.10 Å². The second-order valence-electron chi connectivity index (χ2n) is 5.58. The van der Waals surface area contributed by atoms with Crippen molar-refractivity contribution in [3.05, 3.63) is 35.9 Å². The average Bonchev–Trinajstić information content (AvgIpc) is 2.68. The maximum absolute atomic E-state index is 10.2. The van der Waals surface area contributed by atoms with Gasteiger partial charge < -0.3 is 9.84 Å². The first kappa shape index (κ1) is 13.1. The number of benzene rings is 1. The Labute approximate surface area is 109 Å². The molecule has 3 nitrogen and oxygen atoms in total. The van der Waals surface area contributed by atoms with Crippen LogP contribution in [0.5, 0.6) is 0 Å². The second kappa shape index (κ2) is 5.11. The molecule has 0 aliphatic carbocycles. The summed E-state index contributed by atoms with van der Waals surface area (Å²) in [6.45, 7) is 6.70. The Morgan fingerprint density at radius 2 is 2.00 bits per heavy atom. The van der Waals surface area contributed by atoms with Gasteiger partial charge in [-0.25, -0.2) is 4.99 Å². The summed E-state index contributed by atoms with van der Waals surface area (Å²) in [5.41, 5.74) is 0.994. The molecule has 0 fully saturated rings. The monoisotopic (exact) mass is 247 g/mol. The topological polar surface area (TPSA) is 41.8 Å². The predicted octanol–water partition coefficient (Wildman–Crippen LogP) is 2.75.